The van der Waals surface area contributed by atoms with E-state index in [1.54, 1.807) is 6.20 Å². The van der Waals surface area contributed by atoms with Crippen LogP contribution in [0.25, 0.3) is 11.4 Å². The summed E-state index contributed by atoms with van der Waals surface area (Å²) in [4.78, 5) is 12.6. The fourth-order valence-electron chi connectivity index (χ4n) is 6.93. The van der Waals surface area contributed by atoms with Crippen LogP contribution in [0, 0.1) is 11.8 Å². The van der Waals surface area contributed by atoms with Gasteiger partial charge in [0.25, 0.3) is 0 Å². The van der Waals surface area contributed by atoms with E-state index in [1.165, 1.54) is 16.7 Å². The number of pyridine rings is 1. The van der Waals surface area contributed by atoms with Crippen LogP contribution in [0.1, 0.15) is 36.2 Å². The maximum Gasteiger partial charge on any atom is 0.137 e. The normalized spacial score (nSPS) is 22.4. The Morgan fingerprint density at radius 3 is 2.23 bits per heavy atom. The molecule has 4 nitrogen and oxygen atoms in total. The number of nitrogens with one attached hydrogen (secondary N) is 1. The van der Waals surface area contributed by atoms with Gasteiger partial charge in [0.15, 0.2) is 0 Å². The average Bonchev–Trinajstić information content (AvgIpc) is 3.54. The van der Waals surface area contributed by atoms with Crippen molar-refractivity contribution in [3.8, 4) is 22.9 Å². The molecule has 7 rings (SSSR count). The molecule has 0 fully saturated rings. The first-order valence-corrected chi connectivity index (χ1v) is 13.8. The van der Waals surface area contributed by atoms with E-state index >= 15 is 0 Å². The maximum absolute atomic E-state index is 6.50. The third kappa shape index (κ3) is 3.75. The molecule has 2 aliphatic carbocycles. The smallest absolute Gasteiger partial charge is 0.137 e. The lowest BCUT2D eigenvalue weighted by molar-refractivity contribution is 0.213. The van der Waals surface area contributed by atoms with E-state index in [2.05, 4.69) is 103 Å². The highest BCUT2D eigenvalue weighted by molar-refractivity contribution is 5.61. The van der Waals surface area contributed by atoms with Gasteiger partial charge >= 0.3 is 0 Å². The molecule has 196 valence electrons. The number of aromatic nitrogens is 3. The number of allylic oxidation sites excluding steroid dienone is 4. The summed E-state index contributed by atoms with van der Waals surface area (Å²) < 4.78 is 6.50. The summed E-state index contributed by atoms with van der Waals surface area (Å²) >= 11 is 0. The molecule has 0 radical (unpaired) electrons. The number of hydrogen-bond donors (Lipinski definition) is 1. The molecule has 4 heteroatoms. The van der Waals surface area contributed by atoms with Crippen molar-refractivity contribution in [3.05, 3.63) is 156 Å². The van der Waals surface area contributed by atoms with Crippen molar-refractivity contribution in [2.45, 2.75) is 24.7 Å². The summed E-state index contributed by atoms with van der Waals surface area (Å²) in [5.74, 6) is 2.84. The van der Waals surface area contributed by atoms with Crippen LogP contribution in [0.15, 0.2) is 134 Å². The maximum atomic E-state index is 6.50. The van der Waals surface area contributed by atoms with E-state index in [1.807, 2.05) is 48.8 Å². The van der Waals surface area contributed by atoms with Crippen LogP contribution in [0.5, 0.6) is 11.5 Å². The summed E-state index contributed by atoms with van der Waals surface area (Å²) in [6.07, 6.45) is 14.7. The number of aromatic amines is 1. The summed E-state index contributed by atoms with van der Waals surface area (Å²) in [6.45, 7) is 4.75. The monoisotopic (exact) mass is 521 g/mol. The number of H-pyrrole nitrogens is 1. The zero-order valence-electron chi connectivity index (χ0n) is 22.7. The lowest BCUT2D eigenvalue weighted by Gasteiger charge is -2.55. The molecule has 5 aromatic rings. The van der Waals surface area contributed by atoms with Gasteiger partial charge < -0.3 is 9.72 Å². The Kier molecular flexibility index (Phi) is 5.78. The fourth-order valence-corrected chi connectivity index (χ4v) is 6.93. The first kappa shape index (κ1) is 24.3. The highest BCUT2D eigenvalue weighted by atomic mass is 16.5. The molecule has 3 atom stereocenters. The molecule has 2 heterocycles. The molecule has 0 spiro atoms. The number of hydrogen-bond acceptors (Lipinski definition) is 3. The molecule has 0 bridgehead atoms. The summed E-state index contributed by atoms with van der Waals surface area (Å²) in [6, 6.07) is 31.8. The molecule has 0 amide bonds. The minimum absolute atomic E-state index is 0.0405. The molecule has 0 saturated carbocycles. The Morgan fingerprint density at radius 1 is 0.700 bits per heavy atom. The van der Waals surface area contributed by atoms with Crippen LogP contribution in [-0.2, 0) is 10.8 Å². The summed E-state index contributed by atoms with van der Waals surface area (Å²) in [5.41, 5.74) is 5.33. The van der Waals surface area contributed by atoms with E-state index in [0.29, 0.717) is 5.92 Å². The molecule has 40 heavy (non-hydrogen) atoms. The van der Waals surface area contributed by atoms with Crippen LogP contribution in [0.4, 0.5) is 0 Å². The molecule has 1 N–H and O–H groups in total. The standard InChI is InChI=1S/C36H31N3O/c1-35(2)29-15-3-5-17-31(29)36(33-19-7-8-20-37-33,32-18-6-4-16-30(32)35)26-12-10-14-28(24-26)40-27-13-9-11-25(23-27)34-38-21-22-39-34/h3-24,29,31H,1-2H3,(H,38,39)/t29?,31-,36-/m1/s1. The lowest BCUT2D eigenvalue weighted by Crippen LogP contribution is -2.52. The van der Waals surface area contributed by atoms with Crippen molar-refractivity contribution in [1.82, 2.24) is 15.0 Å². The minimum atomic E-state index is -0.491. The highest BCUT2D eigenvalue weighted by Gasteiger charge is 2.56. The molecule has 0 saturated heterocycles. The third-order valence-corrected chi connectivity index (χ3v) is 8.71. The van der Waals surface area contributed by atoms with E-state index in [4.69, 9.17) is 9.72 Å². The van der Waals surface area contributed by atoms with E-state index in [0.717, 1.165) is 28.6 Å². The van der Waals surface area contributed by atoms with Crippen LogP contribution >= 0.6 is 0 Å². The number of nitrogens with zero attached hydrogens (tertiary/aromatic N) is 2. The van der Waals surface area contributed by atoms with Crippen molar-refractivity contribution in [1.29, 1.82) is 0 Å². The second-order valence-electron chi connectivity index (χ2n) is 11.2. The number of fused-ring (bicyclic) bond motifs is 2. The molecule has 3 aromatic carbocycles. The Morgan fingerprint density at radius 2 is 1.45 bits per heavy atom. The zero-order chi connectivity index (χ0) is 27.2. The first-order chi connectivity index (χ1) is 19.6. The van der Waals surface area contributed by atoms with E-state index < -0.39 is 5.41 Å². The average molecular weight is 522 g/mol. The Labute approximate surface area is 235 Å². The molecule has 0 aliphatic heterocycles. The van der Waals surface area contributed by atoms with Crippen molar-refractivity contribution in [3.63, 3.8) is 0 Å². The SMILES string of the molecule is CC1(C)c2ccccc2[C@](c2cccc(Oc3cccc(-c4ncc[nH]4)c3)c2)(c2ccccn2)[C@@H]2C=CC=CC21. The van der Waals surface area contributed by atoms with Gasteiger partial charge in [-0.1, -0.05) is 92.7 Å². The molecule has 2 aliphatic rings. The van der Waals surface area contributed by atoms with Gasteiger partial charge in [0.05, 0.1) is 11.1 Å². The third-order valence-electron chi connectivity index (χ3n) is 8.71. The number of imidazole rings is 1. The van der Waals surface area contributed by atoms with Gasteiger partial charge in [-0.3, -0.25) is 4.98 Å². The largest absolute Gasteiger partial charge is 0.457 e. The lowest BCUT2D eigenvalue weighted by atomic mass is 9.48. The van der Waals surface area contributed by atoms with E-state index in [-0.39, 0.29) is 11.3 Å². The predicted molar refractivity (Wildman–Crippen MR) is 159 cm³/mol. The second-order valence-corrected chi connectivity index (χ2v) is 11.2. The fraction of sp³-hybridized carbons (Fsp3) is 0.167. The Bertz CT molecular complexity index is 1720. The minimum Gasteiger partial charge on any atom is -0.457 e. The van der Waals surface area contributed by atoms with Gasteiger partial charge in [-0.25, -0.2) is 4.98 Å². The van der Waals surface area contributed by atoms with E-state index in [9.17, 15) is 0 Å². The summed E-state index contributed by atoms with van der Waals surface area (Å²) in [5, 5.41) is 0. The molecule has 1 unspecified atom stereocenters. The number of benzene rings is 3. The van der Waals surface area contributed by atoms with Gasteiger partial charge in [-0.2, -0.15) is 0 Å². The van der Waals surface area contributed by atoms with Crippen LogP contribution in [0.2, 0.25) is 0 Å². The zero-order valence-corrected chi connectivity index (χ0v) is 22.7. The van der Waals surface area contributed by atoms with Gasteiger partial charge in [0, 0.05) is 30.1 Å². The Hall–Kier alpha value is -4.70. The van der Waals surface area contributed by atoms with Gasteiger partial charge in [-0.05, 0) is 64.4 Å². The quantitative estimate of drug-likeness (QED) is 0.253. The topological polar surface area (TPSA) is 50.8 Å². The number of ether oxygens (including phenoxy) is 1. The Balaban J connectivity index is 1.42. The van der Waals surface area contributed by atoms with Crippen molar-refractivity contribution in [2.75, 3.05) is 0 Å². The van der Waals surface area contributed by atoms with Crippen LogP contribution in [-0.4, -0.2) is 15.0 Å². The van der Waals surface area contributed by atoms with Crippen molar-refractivity contribution in [2.24, 2.45) is 11.8 Å². The highest BCUT2D eigenvalue weighted by Crippen LogP contribution is 2.59. The molecule has 2 aromatic heterocycles. The first-order valence-electron chi connectivity index (χ1n) is 13.8. The number of rotatable bonds is 5. The van der Waals surface area contributed by atoms with Crippen LogP contribution < -0.4 is 4.74 Å². The van der Waals surface area contributed by atoms with Gasteiger partial charge in [0.1, 0.15) is 17.3 Å². The van der Waals surface area contributed by atoms with Crippen LogP contribution in [0.3, 0.4) is 0 Å². The van der Waals surface area contributed by atoms with Gasteiger partial charge in [-0.15, -0.1) is 0 Å². The molecular weight excluding hydrogens is 490 g/mol. The van der Waals surface area contributed by atoms with Crippen molar-refractivity contribution >= 4 is 0 Å². The second kappa shape index (κ2) is 9.49. The van der Waals surface area contributed by atoms with Gasteiger partial charge in [0.2, 0.25) is 0 Å². The molecular formula is C36H31N3O. The van der Waals surface area contributed by atoms with Crippen molar-refractivity contribution < 1.29 is 4.74 Å². The summed E-state index contributed by atoms with van der Waals surface area (Å²) in [7, 11) is 0. The predicted octanol–water partition coefficient (Wildman–Crippen LogP) is 8.25.